The molecule has 1 aliphatic rings. The summed E-state index contributed by atoms with van der Waals surface area (Å²) in [6.45, 7) is 3.81. The van der Waals surface area contributed by atoms with Crippen molar-refractivity contribution in [2.24, 2.45) is 0 Å². The van der Waals surface area contributed by atoms with E-state index in [1.165, 1.54) is 17.8 Å². The van der Waals surface area contributed by atoms with Crippen LogP contribution in [0.25, 0.3) is 12.2 Å². The van der Waals surface area contributed by atoms with Crippen LogP contribution in [0, 0.1) is 0 Å². The van der Waals surface area contributed by atoms with Crippen LogP contribution >= 0.6 is 15.9 Å². The Kier molecular flexibility index (Phi) is 8.16. The summed E-state index contributed by atoms with van der Waals surface area (Å²) in [6, 6.07) is 23.1. The van der Waals surface area contributed by atoms with Crippen LogP contribution in [-0.2, 0) is 9.59 Å². The molecule has 3 aromatic carbocycles. The lowest BCUT2D eigenvalue weighted by atomic mass is 10.1. The van der Waals surface area contributed by atoms with Crippen LogP contribution < -0.4 is 9.80 Å². The van der Waals surface area contributed by atoms with E-state index in [0.717, 1.165) is 47.5 Å². The molecule has 0 aliphatic carbocycles. The van der Waals surface area contributed by atoms with Crippen LogP contribution in [0.4, 0.5) is 11.4 Å². The summed E-state index contributed by atoms with van der Waals surface area (Å²) in [7, 11) is 0. The van der Waals surface area contributed by atoms with Gasteiger partial charge in [0.1, 0.15) is 5.75 Å². The van der Waals surface area contributed by atoms with Crippen molar-refractivity contribution < 1.29 is 14.7 Å². The third-order valence-electron chi connectivity index (χ3n) is 5.90. The lowest BCUT2D eigenvalue weighted by Crippen LogP contribution is -2.46. The van der Waals surface area contributed by atoms with E-state index < -0.39 is 0 Å². The Balaban J connectivity index is 1.29. The molecule has 6 heteroatoms. The van der Waals surface area contributed by atoms with Gasteiger partial charge in [-0.25, -0.2) is 0 Å². The molecule has 1 N–H and O–H groups in total. The van der Waals surface area contributed by atoms with Crippen molar-refractivity contribution in [2.45, 2.75) is 6.42 Å². The zero-order valence-electron chi connectivity index (χ0n) is 19.3. The number of phenolic OH excluding ortho intramolecular Hbond substituents is 1. The molecule has 4 rings (SSSR count). The molecule has 0 spiro atoms. The van der Waals surface area contributed by atoms with Gasteiger partial charge in [-0.15, -0.1) is 0 Å². The first-order valence-electron chi connectivity index (χ1n) is 11.5. The summed E-state index contributed by atoms with van der Waals surface area (Å²) < 4.78 is 0.906. The van der Waals surface area contributed by atoms with Crippen molar-refractivity contribution in [3.05, 3.63) is 101 Å². The van der Waals surface area contributed by atoms with Gasteiger partial charge < -0.3 is 14.9 Å². The molecule has 3 aromatic rings. The standard InChI is InChI=1S/C29H27BrN2O3/c30-29-20-25(32-18-16-31(17-19-32)24-4-2-1-3-5-24)11-9-23(29)10-15-28(35)21-27(34)14-8-22-6-12-26(33)13-7-22/h1-15,20,33H,16-19,21H2/b14-8+,15-10+. The quantitative estimate of drug-likeness (QED) is 0.297. The van der Waals surface area contributed by atoms with E-state index in [-0.39, 0.29) is 23.7 Å². The van der Waals surface area contributed by atoms with Gasteiger partial charge in [0.05, 0.1) is 6.42 Å². The molecule has 0 aromatic heterocycles. The van der Waals surface area contributed by atoms with Gasteiger partial charge in [-0.05, 0) is 59.7 Å². The van der Waals surface area contributed by atoms with E-state index in [1.807, 2.05) is 12.1 Å². The number of phenols is 1. The third kappa shape index (κ3) is 6.93. The topological polar surface area (TPSA) is 60.9 Å². The summed E-state index contributed by atoms with van der Waals surface area (Å²) in [5.74, 6) is -0.353. The van der Waals surface area contributed by atoms with Crippen molar-refractivity contribution in [3.63, 3.8) is 0 Å². The number of nitrogens with zero attached hydrogens (tertiary/aromatic N) is 2. The van der Waals surface area contributed by atoms with E-state index in [0.29, 0.717) is 0 Å². The lowest BCUT2D eigenvalue weighted by Gasteiger charge is -2.37. The van der Waals surface area contributed by atoms with E-state index in [4.69, 9.17) is 0 Å². The molecule has 35 heavy (non-hydrogen) atoms. The monoisotopic (exact) mass is 530 g/mol. The van der Waals surface area contributed by atoms with E-state index in [2.05, 4.69) is 62.1 Å². The number of benzene rings is 3. The number of carbonyl (C=O) groups is 2. The lowest BCUT2D eigenvalue weighted by molar-refractivity contribution is -0.121. The highest BCUT2D eigenvalue weighted by atomic mass is 79.9. The summed E-state index contributed by atoms with van der Waals surface area (Å²) >= 11 is 3.62. The second kappa shape index (κ2) is 11.7. The number of aromatic hydroxyl groups is 1. The van der Waals surface area contributed by atoms with Gasteiger partial charge in [0.2, 0.25) is 0 Å². The van der Waals surface area contributed by atoms with Gasteiger partial charge in [-0.2, -0.15) is 0 Å². The second-order valence-electron chi connectivity index (χ2n) is 8.38. The summed E-state index contributed by atoms with van der Waals surface area (Å²) in [5, 5.41) is 9.31. The fourth-order valence-electron chi connectivity index (χ4n) is 3.96. The number of para-hydroxylation sites is 1. The number of carbonyl (C=O) groups excluding carboxylic acids is 2. The number of hydrogen-bond donors (Lipinski definition) is 1. The van der Waals surface area contributed by atoms with Gasteiger partial charge in [0.25, 0.3) is 0 Å². The largest absolute Gasteiger partial charge is 0.508 e. The summed E-state index contributed by atoms with van der Waals surface area (Å²) in [5.41, 5.74) is 4.07. The maximum Gasteiger partial charge on any atom is 0.163 e. The first-order chi connectivity index (χ1) is 17.0. The van der Waals surface area contributed by atoms with Gasteiger partial charge in [0, 0.05) is 42.0 Å². The predicted molar refractivity (Wildman–Crippen MR) is 146 cm³/mol. The van der Waals surface area contributed by atoms with Crippen molar-refractivity contribution in [1.29, 1.82) is 0 Å². The van der Waals surface area contributed by atoms with Crippen LogP contribution in [-0.4, -0.2) is 42.9 Å². The van der Waals surface area contributed by atoms with Crippen LogP contribution in [0.15, 0.2) is 89.4 Å². The fraction of sp³-hybridized carbons (Fsp3) is 0.172. The van der Waals surface area contributed by atoms with E-state index >= 15 is 0 Å². The minimum atomic E-state index is -0.267. The molecule has 1 fully saturated rings. The highest BCUT2D eigenvalue weighted by molar-refractivity contribution is 9.10. The molecule has 0 amide bonds. The molecular formula is C29H27BrN2O3. The molecule has 1 saturated heterocycles. The molecule has 178 valence electrons. The van der Waals surface area contributed by atoms with Gasteiger partial charge in [-0.1, -0.05) is 64.5 Å². The van der Waals surface area contributed by atoms with E-state index in [1.54, 1.807) is 36.4 Å². The van der Waals surface area contributed by atoms with Crippen LogP contribution in [0.3, 0.4) is 0 Å². The van der Waals surface area contributed by atoms with E-state index in [9.17, 15) is 14.7 Å². The number of ketones is 2. The van der Waals surface area contributed by atoms with Crippen molar-refractivity contribution >= 4 is 51.0 Å². The molecule has 0 radical (unpaired) electrons. The zero-order chi connectivity index (χ0) is 24.6. The Labute approximate surface area is 214 Å². The molecule has 0 atom stereocenters. The van der Waals surface area contributed by atoms with Gasteiger partial charge >= 0.3 is 0 Å². The number of hydrogen-bond acceptors (Lipinski definition) is 5. The first-order valence-corrected chi connectivity index (χ1v) is 12.3. The summed E-state index contributed by atoms with van der Waals surface area (Å²) in [6.07, 6.45) is 6.02. The smallest absolute Gasteiger partial charge is 0.163 e. The van der Waals surface area contributed by atoms with Crippen molar-refractivity contribution in [2.75, 3.05) is 36.0 Å². The van der Waals surface area contributed by atoms with Crippen LogP contribution in [0.1, 0.15) is 17.5 Å². The average molecular weight is 531 g/mol. The minimum absolute atomic E-state index is 0.165. The molecular weight excluding hydrogens is 504 g/mol. The Hall–Kier alpha value is -3.64. The average Bonchev–Trinajstić information content (AvgIpc) is 2.88. The van der Waals surface area contributed by atoms with Gasteiger partial charge in [0.15, 0.2) is 11.6 Å². The van der Waals surface area contributed by atoms with Crippen LogP contribution in [0.2, 0.25) is 0 Å². The van der Waals surface area contributed by atoms with Gasteiger partial charge in [-0.3, -0.25) is 9.59 Å². The molecule has 5 nitrogen and oxygen atoms in total. The molecule has 0 unspecified atom stereocenters. The number of rotatable bonds is 8. The Morgan fingerprint density at radius 2 is 1.37 bits per heavy atom. The molecule has 0 bridgehead atoms. The first kappa shape index (κ1) is 24.5. The molecule has 1 heterocycles. The SMILES string of the molecule is O=C(/C=C/c1ccc(O)cc1)CC(=O)/C=C/c1ccc(N2CCN(c3ccccc3)CC2)cc1Br. The minimum Gasteiger partial charge on any atom is -0.508 e. The maximum atomic E-state index is 12.3. The highest BCUT2D eigenvalue weighted by Gasteiger charge is 2.18. The zero-order valence-corrected chi connectivity index (χ0v) is 20.9. The van der Waals surface area contributed by atoms with Crippen molar-refractivity contribution in [1.82, 2.24) is 0 Å². The number of anilines is 2. The summed E-state index contributed by atoms with van der Waals surface area (Å²) in [4.78, 5) is 29.1. The Bertz CT molecular complexity index is 1230. The van der Waals surface area contributed by atoms with Crippen molar-refractivity contribution in [3.8, 4) is 5.75 Å². The Morgan fingerprint density at radius 3 is 2.00 bits per heavy atom. The normalized spacial score (nSPS) is 14.1. The number of allylic oxidation sites excluding steroid dienone is 2. The Morgan fingerprint density at radius 1 is 0.771 bits per heavy atom. The molecule has 1 aliphatic heterocycles. The number of piperazine rings is 1. The van der Waals surface area contributed by atoms with Crippen LogP contribution in [0.5, 0.6) is 5.75 Å². The fourth-order valence-corrected chi connectivity index (χ4v) is 4.46. The second-order valence-corrected chi connectivity index (χ2v) is 9.24. The highest BCUT2D eigenvalue weighted by Crippen LogP contribution is 2.27. The third-order valence-corrected chi connectivity index (χ3v) is 6.59. The maximum absolute atomic E-state index is 12.3. The molecule has 0 saturated carbocycles. The number of halogens is 1. The predicted octanol–water partition coefficient (Wildman–Crippen LogP) is 5.74.